The van der Waals surface area contributed by atoms with E-state index < -0.39 is 0 Å². The van der Waals surface area contributed by atoms with Crippen LogP contribution in [0.25, 0.3) is 0 Å². The van der Waals surface area contributed by atoms with E-state index in [0.29, 0.717) is 19.0 Å². The molecule has 1 aromatic rings. The summed E-state index contributed by atoms with van der Waals surface area (Å²) in [6, 6.07) is 6.84. The van der Waals surface area contributed by atoms with E-state index in [4.69, 9.17) is 0 Å². The first-order valence-electron chi connectivity index (χ1n) is 6.90. The van der Waals surface area contributed by atoms with Gasteiger partial charge in [0.2, 0.25) is 5.91 Å². The van der Waals surface area contributed by atoms with Crippen LogP contribution >= 0.6 is 0 Å². The fraction of sp³-hybridized carbons (Fsp3) is 0.533. The van der Waals surface area contributed by atoms with Gasteiger partial charge in [-0.25, -0.2) is 4.39 Å². The van der Waals surface area contributed by atoms with Crippen LogP contribution in [0.1, 0.15) is 25.3 Å². The molecule has 104 valence electrons. The third kappa shape index (κ3) is 4.31. The van der Waals surface area contributed by atoms with Crippen LogP contribution < -0.4 is 10.6 Å². The third-order valence-electron chi connectivity index (χ3n) is 3.56. The molecule has 0 aromatic heterocycles. The highest BCUT2D eigenvalue weighted by Gasteiger charge is 2.17. The summed E-state index contributed by atoms with van der Waals surface area (Å²) in [6.45, 7) is 3.61. The molecule has 0 saturated carbocycles. The van der Waals surface area contributed by atoms with Crippen molar-refractivity contribution < 1.29 is 9.18 Å². The smallest absolute Gasteiger partial charge is 0.223 e. The Morgan fingerprint density at radius 3 is 3.11 bits per heavy atom. The van der Waals surface area contributed by atoms with Crippen LogP contribution in [0.3, 0.4) is 0 Å². The Balaban J connectivity index is 1.78. The highest BCUT2D eigenvalue weighted by molar-refractivity contribution is 5.78. The van der Waals surface area contributed by atoms with E-state index in [1.165, 1.54) is 18.6 Å². The SMILES string of the molecule is CC(Cc1cccc(F)c1)C(=O)NCC1CCCN1. The first kappa shape index (κ1) is 14.0. The van der Waals surface area contributed by atoms with Gasteiger partial charge in [0.1, 0.15) is 5.82 Å². The van der Waals surface area contributed by atoms with Gasteiger partial charge in [-0.15, -0.1) is 0 Å². The third-order valence-corrected chi connectivity index (χ3v) is 3.56. The van der Waals surface area contributed by atoms with Crippen molar-refractivity contribution in [2.75, 3.05) is 13.1 Å². The van der Waals surface area contributed by atoms with Crippen LogP contribution in [0, 0.1) is 11.7 Å². The van der Waals surface area contributed by atoms with Gasteiger partial charge >= 0.3 is 0 Å². The Hall–Kier alpha value is -1.42. The van der Waals surface area contributed by atoms with Gasteiger partial charge in [0.15, 0.2) is 0 Å². The van der Waals surface area contributed by atoms with Gasteiger partial charge in [-0.3, -0.25) is 4.79 Å². The second-order valence-corrected chi connectivity index (χ2v) is 5.27. The van der Waals surface area contributed by atoms with Crippen LogP contribution in [0.5, 0.6) is 0 Å². The fourth-order valence-electron chi connectivity index (χ4n) is 2.44. The molecule has 2 rings (SSSR count). The van der Waals surface area contributed by atoms with Crippen LogP contribution in [0.15, 0.2) is 24.3 Å². The van der Waals surface area contributed by atoms with Crippen molar-refractivity contribution in [3.63, 3.8) is 0 Å². The zero-order valence-corrected chi connectivity index (χ0v) is 11.3. The van der Waals surface area contributed by atoms with E-state index in [2.05, 4.69) is 10.6 Å². The van der Waals surface area contributed by atoms with Crippen molar-refractivity contribution in [2.45, 2.75) is 32.2 Å². The summed E-state index contributed by atoms with van der Waals surface area (Å²) in [5.41, 5.74) is 0.863. The Morgan fingerprint density at radius 1 is 1.58 bits per heavy atom. The number of halogens is 1. The minimum Gasteiger partial charge on any atom is -0.354 e. The molecule has 1 fully saturated rings. The Morgan fingerprint density at radius 2 is 2.42 bits per heavy atom. The maximum Gasteiger partial charge on any atom is 0.223 e. The lowest BCUT2D eigenvalue weighted by atomic mass is 10.0. The van der Waals surface area contributed by atoms with Crippen molar-refractivity contribution in [1.29, 1.82) is 0 Å². The van der Waals surface area contributed by atoms with Crippen LogP contribution in [0.2, 0.25) is 0 Å². The molecule has 1 amide bonds. The Labute approximate surface area is 113 Å². The predicted octanol–water partition coefficient (Wildman–Crippen LogP) is 1.87. The van der Waals surface area contributed by atoms with Gasteiger partial charge in [-0.05, 0) is 43.5 Å². The van der Waals surface area contributed by atoms with Gasteiger partial charge in [0.25, 0.3) is 0 Å². The lowest BCUT2D eigenvalue weighted by Gasteiger charge is -2.15. The molecule has 0 aliphatic carbocycles. The molecule has 0 bridgehead atoms. The summed E-state index contributed by atoms with van der Waals surface area (Å²) in [6.07, 6.45) is 2.87. The number of carbonyl (C=O) groups excluding carboxylic acids is 1. The zero-order valence-electron chi connectivity index (χ0n) is 11.3. The van der Waals surface area contributed by atoms with Crippen molar-refractivity contribution in [1.82, 2.24) is 10.6 Å². The molecule has 19 heavy (non-hydrogen) atoms. The molecular formula is C15H21FN2O. The second-order valence-electron chi connectivity index (χ2n) is 5.27. The summed E-state index contributed by atoms with van der Waals surface area (Å²) >= 11 is 0. The molecule has 1 aliphatic heterocycles. The summed E-state index contributed by atoms with van der Waals surface area (Å²) in [7, 11) is 0. The molecule has 0 spiro atoms. The highest BCUT2D eigenvalue weighted by Crippen LogP contribution is 2.11. The quantitative estimate of drug-likeness (QED) is 0.852. The van der Waals surface area contributed by atoms with Crippen LogP contribution in [0.4, 0.5) is 4.39 Å². The van der Waals surface area contributed by atoms with Gasteiger partial charge in [-0.2, -0.15) is 0 Å². The first-order chi connectivity index (χ1) is 9.15. The lowest BCUT2D eigenvalue weighted by molar-refractivity contribution is -0.124. The van der Waals surface area contributed by atoms with E-state index in [0.717, 1.165) is 18.5 Å². The van der Waals surface area contributed by atoms with Gasteiger partial charge in [-0.1, -0.05) is 19.1 Å². The molecule has 1 heterocycles. The maximum atomic E-state index is 13.1. The van der Waals surface area contributed by atoms with E-state index in [1.54, 1.807) is 6.07 Å². The predicted molar refractivity (Wildman–Crippen MR) is 73.3 cm³/mol. The van der Waals surface area contributed by atoms with E-state index in [1.807, 2.05) is 13.0 Å². The summed E-state index contributed by atoms with van der Waals surface area (Å²) < 4.78 is 13.1. The molecule has 3 nitrogen and oxygen atoms in total. The molecule has 2 unspecified atom stereocenters. The summed E-state index contributed by atoms with van der Waals surface area (Å²) in [5, 5.41) is 6.31. The van der Waals surface area contributed by atoms with Crippen LogP contribution in [-0.4, -0.2) is 25.0 Å². The minimum absolute atomic E-state index is 0.0398. The molecule has 4 heteroatoms. The average Bonchev–Trinajstić information content (AvgIpc) is 2.89. The Kier molecular flexibility index (Phi) is 4.91. The minimum atomic E-state index is -0.250. The Bertz CT molecular complexity index is 430. The van der Waals surface area contributed by atoms with Gasteiger partial charge in [0, 0.05) is 18.5 Å². The van der Waals surface area contributed by atoms with E-state index >= 15 is 0 Å². The van der Waals surface area contributed by atoms with Crippen molar-refractivity contribution in [3.8, 4) is 0 Å². The lowest BCUT2D eigenvalue weighted by Crippen LogP contribution is -2.39. The number of hydrogen-bond acceptors (Lipinski definition) is 2. The summed E-state index contributed by atoms with van der Waals surface area (Å²) in [5.74, 6) is -0.346. The van der Waals surface area contributed by atoms with E-state index in [-0.39, 0.29) is 17.6 Å². The molecule has 1 saturated heterocycles. The summed E-state index contributed by atoms with van der Waals surface area (Å²) in [4.78, 5) is 12.0. The average molecular weight is 264 g/mol. The number of benzene rings is 1. The first-order valence-corrected chi connectivity index (χ1v) is 6.90. The van der Waals surface area contributed by atoms with Crippen molar-refractivity contribution in [2.24, 2.45) is 5.92 Å². The highest BCUT2D eigenvalue weighted by atomic mass is 19.1. The largest absolute Gasteiger partial charge is 0.354 e. The van der Waals surface area contributed by atoms with Gasteiger partial charge in [0.05, 0.1) is 0 Å². The zero-order chi connectivity index (χ0) is 13.7. The van der Waals surface area contributed by atoms with Crippen molar-refractivity contribution in [3.05, 3.63) is 35.6 Å². The topological polar surface area (TPSA) is 41.1 Å². The number of rotatable bonds is 5. The maximum absolute atomic E-state index is 13.1. The normalized spacial score (nSPS) is 20.2. The molecular weight excluding hydrogens is 243 g/mol. The number of hydrogen-bond donors (Lipinski definition) is 2. The van der Waals surface area contributed by atoms with Gasteiger partial charge < -0.3 is 10.6 Å². The molecule has 1 aliphatic rings. The van der Waals surface area contributed by atoms with Crippen LogP contribution in [-0.2, 0) is 11.2 Å². The fourth-order valence-corrected chi connectivity index (χ4v) is 2.44. The molecule has 0 radical (unpaired) electrons. The monoisotopic (exact) mass is 264 g/mol. The molecule has 2 N–H and O–H groups in total. The standard InChI is InChI=1S/C15H21FN2O/c1-11(8-12-4-2-5-13(16)9-12)15(19)18-10-14-6-3-7-17-14/h2,4-5,9,11,14,17H,3,6-8,10H2,1H3,(H,18,19). The number of carbonyl (C=O) groups is 1. The van der Waals surface area contributed by atoms with E-state index in [9.17, 15) is 9.18 Å². The number of amides is 1. The van der Waals surface area contributed by atoms with Crippen molar-refractivity contribution >= 4 is 5.91 Å². The second kappa shape index (κ2) is 6.66. The molecule has 2 atom stereocenters. The number of nitrogens with one attached hydrogen (secondary N) is 2. The molecule has 1 aromatic carbocycles.